The summed E-state index contributed by atoms with van der Waals surface area (Å²) in [4.78, 5) is 0. The molecule has 1 aliphatic rings. The van der Waals surface area contributed by atoms with Crippen LogP contribution in [0.4, 0.5) is 0 Å². The largest absolute Gasteiger partial charge is 0.329 e. The van der Waals surface area contributed by atoms with Crippen LogP contribution in [-0.4, -0.2) is 18.1 Å². The van der Waals surface area contributed by atoms with Gasteiger partial charge in [-0.25, -0.2) is 0 Å². The lowest BCUT2D eigenvalue weighted by Crippen LogP contribution is -2.57. The predicted octanol–water partition coefficient (Wildman–Crippen LogP) is 1.75. The zero-order chi connectivity index (χ0) is 11.5. The minimum atomic E-state index is 0.0811. The Labute approximate surface area is 94.0 Å². The molecule has 4 unspecified atom stereocenters. The number of terminal acetylenes is 1. The SMILES string of the molecule is C#CC(C)NC1(CN)CCC(C)C(C)C1. The Balaban J connectivity index is 2.66. The molecule has 15 heavy (non-hydrogen) atoms. The molecule has 0 amide bonds. The van der Waals surface area contributed by atoms with Gasteiger partial charge >= 0.3 is 0 Å². The van der Waals surface area contributed by atoms with Crippen molar-refractivity contribution in [1.82, 2.24) is 5.32 Å². The molecule has 0 aromatic rings. The maximum atomic E-state index is 5.92. The number of nitrogens with one attached hydrogen (secondary N) is 1. The van der Waals surface area contributed by atoms with E-state index in [9.17, 15) is 0 Å². The first kappa shape index (κ1) is 12.5. The van der Waals surface area contributed by atoms with E-state index in [1.165, 1.54) is 6.42 Å². The first-order chi connectivity index (χ1) is 7.03. The van der Waals surface area contributed by atoms with Crippen LogP contribution in [0.15, 0.2) is 0 Å². The third-order valence-electron chi connectivity index (χ3n) is 3.93. The number of nitrogens with two attached hydrogens (primary N) is 1. The lowest BCUT2D eigenvalue weighted by atomic mass is 9.71. The minimum absolute atomic E-state index is 0.0811. The zero-order valence-corrected chi connectivity index (χ0v) is 10.2. The minimum Gasteiger partial charge on any atom is -0.329 e. The third kappa shape index (κ3) is 2.96. The van der Waals surface area contributed by atoms with Crippen LogP contribution in [0.25, 0.3) is 0 Å². The van der Waals surface area contributed by atoms with Crippen molar-refractivity contribution < 1.29 is 0 Å². The summed E-state index contributed by atoms with van der Waals surface area (Å²) in [6, 6.07) is 0.120. The van der Waals surface area contributed by atoms with Gasteiger partial charge in [0, 0.05) is 12.1 Å². The Bertz CT molecular complexity index is 243. The van der Waals surface area contributed by atoms with Gasteiger partial charge in [-0.15, -0.1) is 6.42 Å². The van der Waals surface area contributed by atoms with Crippen LogP contribution in [0.2, 0.25) is 0 Å². The molecule has 86 valence electrons. The van der Waals surface area contributed by atoms with Gasteiger partial charge in [-0.2, -0.15) is 0 Å². The molecule has 0 aromatic carbocycles. The Morgan fingerprint density at radius 1 is 1.53 bits per heavy atom. The highest BCUT2D eigenvalue weighted by molar-refractivity contribution is 5.04. The standard InChI is InChI=1S/C13H24N2/c1-5-12(4)15-13(9-14)7-6-10(2)11(3)8-13/h1,10-12,15H,6-9,14H2,2-4H3. The Kier molecular flexibility index (Phi) is 4.19. The summed E-state index contributed by atoms with van der Waals surface area (Å²) in [5.41, 5.74) is 6.00. The Morgan fingerprint density at radius 2 is 2.20 bits per heavy atom. The van der Waals surface area contributed by atoms with Crippen LogP contribution >= 0.6 is 0 Å². The highest BCUT2D eigenvalue weighted by Gasteiger charge is 2.36. The molecular weight excluding hydrogens is 184 g/mol. The third-order valence-corrected chi connectivity index (χ3v) is 3.93. The van der Waals surface area contributed by atoms with Crippen molar-refractivity contribution >= 4 is 0 Å². The molecule has 0 radical (unpaired) electrons. The van der Waals surface area contributed by atoms with Crippen LogP contribution in [0.3, 0.4) is 0 Å². The van der Waals surface area contributed by atoms with Crippen LogP contribution in [0.5, 0.6) is 0 Å². The molecule has 1 fully saturated rings. The van der Waals surface area contributed by atoms with Gasteiger partial charge in [0.05, 0.1) is 6.04 Å². The van der Waals surface area contributed by atoms with E-state index in [0.29, 0.717) is 6.54 Å². The summed E-state index contributed by atoms with van der Waals surface area (Å²) >= 11 is 0. The maximum absolute atomic E-state index is 5.92. The van der Waals surface area contributed by atoms with Gasteiger partial charge in [0.2, 0.25) is 0 Å². The van der Waals surface area contributed by atoms with Crippen molar-refractivity contribution in [2.75, 3.05) is 6.54 Å². The van der Waals surface area contributed by atoms with E-state index in [4.69, 9.17) is 12.2 Å². The van der Waals surface area contributed by atoms with Gasteiger partial charge in [0.15, 0.2) is 0 Å². The summed E-state index contributed by atoms with van der Waals surface area (Å²) in [5, 5.41) is 3.52. The highest BCUT2D eigenvalue weighted by Crippen LogP contribution is 2.35. The maximum Gasteiger partial charge on any atom is 0.0663 e. The molecule has 0 spiro atoms. The van der Waals surface area contributed by atoms with E-state index in [2.05, 4.69) is 25.1 Å². The Morgan fingerprint density at radius 3 is 2.67 bits per heavy atom. The molecular formula is C13H24N2. The number of hydrogen-bond acceptors (Lipinski definition) is 2. The van der Waals surface area contributed by atoms with Crippen LogP contribution < -0.4 is 11.1 Å². The summed E-state index contributed by atoms with van der Waals surface area (Å²) in [6.45, 7) is 7.36. The molecule has 0 aliphatic heterocycles. The lowest BCUT2D eigenvalue weighted by Gasteiger charge is -2.44. The smallest absolute Gasteiger partial charge is 0.0663 e. The van der Waals surface area contributed by atoms with Gasteiger partial charge in [0.1, 0.15) is 0 Å². The van der Waals surface area contributed by atoms with Crippen molar-refractivity contribution in [2.45, 2.75) is 51.6 Å². The molecule has 1 aliphatic carbocycles. The monoisotopic (exact) mass is 208 g/mol. The number of rotatable bonds is 3. The summed E-state index contributed by atoms with van der Waals surface area (Å²) in [7, 11) is 0. The van der Waals surface area contributed by atoms with Crippen molar-refractivity contribution in [2.24, 2.45) is 17.6 Å². The second-order valence-electron chi connectivity index (χ2n) is 5.21. The fourth-order valence-electron chi connectivity index (χ4n) is 2.58. The van der Waals surface area contributed by atoms with Gasteiger partial charge < -0.3 is 5.73 Å². The molecule has 0 saturated heterocycles. The van der Waals surface area contributed by atoms with Crippen molar-refractivity contribution in [3.63, 3.8) is 0 Å². The van der Waals surface area contributed by atoms with Crippen molar-refractivity contribution in [3.05, 3.63) is 0 Å². The van der Waals surface area contributed by atoms with Gasteiger partial charge in [-0.1, -0.05) is 19.8 Å². The molecule has 3 N–H and O–H groups in total. The van der Waals surface area contributed by atoms with E-state index in [1.54, 1.807) is 0 Å². The van der Waals surface area contributed by atoms with Crippen LogP contribution in [-0.2, 0) is 0 Å². The molecule has 1 rings (SSSR count). The predicted molar refractivity (Wildman–Crippen MR) is 65.4 cm³/mol. The van der Waals surface area contributed by atoms with Crippen molar-refractivity contribution in [3.8, 4) is 12.3 Å². The number of hydrogen-bond donors (Lipinski definition) is 2. The average Bonchev–Trinajstić information content (AvgIpc) is 2.23. The van der Waals surface area contributed by atoms with E-state index in [0.717, 1.165) is 24.7 Å². The van der Waals surface area contributed by atoms with Crippen molar-refractivity contribution in [1.29, 1.82) is 0 Å². The highest BCUT2D eigenvalue weighted by atomic mass is 15.0. The molecule has 0 heterocycles. The average molecular weight is 208 g/mol. The molecule has 0 aromatic heterocycles. The van der Waals surface area contributed by atoms with E-state index >= 15 is 0 Å². The molecule has 1 saturated carbocycles. The van der Waals surface area contributed by atoms with Gasteiger partial charge in [0.25, 0.3) is 0 Å². The first-order valence-corrected chi connectivity index (χ1v) is 5.97. The zero-order valence-electron chi connectivity index (χ0n) is 10.2. The molecule has 0 bridgehead atoms. The van der Waals surface area contributed by atoms with Crippen LogP contribution in [0, 0.1) is 24.2 Å². The van der Waals surface area contributed by atoms with E-state index in [-0.39, 0.29) is 11.6 Å². The van der Waals surface area contributed by atoms with Gasteiger partial charge in [-0.05, 0) is 38.0 Å². The fourth-order valence-corrected chi connectivity index (χ4v) is 2.58. The van der Waals surface area contributed by atoms with Crippen LogP contribution in [0.1, 0.15) is 40.0 Å². The molecule has 2 nitrogen and oxygen atoms in total. The lowest BCUT2D eigenvalue weighted by molar-refractivity contribution is 0.142. The summed E-state index contributed by atoms with van der Waals surface area (Å²) in [5.74, 6) is 4.28. The second kappa shape index (κ2) is 5.01. The van der Waals surface area contributed by atoms with E-state index in [1.807, 2.05) is 6.92 Å². The topological polar surface area (TPSA) is 38.0 Å². The fraction of sp³-hybridized carbons (Fsp3) is 0.846. The molecule has 4 atom stereocenters. The summed E-state index contributed by atoms with van der Waals surface area (Å²) in [6.07, 6.45) is 8.97. The van der Waals surface area contributed by atoms with Gasteiger partial charge in [-0.3, -0.25) is 5.32 Å². The molecule has 2 heteroatoms. The quantitative estimate of drug-likeness (QED) is 0.694. The summed E-state index contributed by atoms with van der Waals surface area (Å²) < 4.78 is 0. The normalized spacial score (nSPS) is 38.3. The van der Waals surface area contributed by atoms with E-state index < -0.39 is 0 Å². The Hall–Kier alpha value is -0.520. The second-order valence-corrected chi connectivity index (χ2v) is 5.21. The first-order valence-electron chi connectivity index (χ1n) is 5.97.